The predicted octanol–water partition coefficient (Wildman–Crippen LogP) is 4.19. The lowest BCUT2D eigenvalue weighted by Crippen LogP contribution is -2.44. The molecule has 0 bridgehead atoms. The van der Waals surface area contributed by atoms with E-state index in [0.717, 1.165) is 24.8 Å². The van der Waals surface area contributed by atoms with Crippen molar-refractivity contribution in [2.45, 2.75) is 44.8 Å². The molecule has 176 valence electrons. The number of carbonyl (C=O) groups excluding carboxylic acids is 2. The summed E-state index contributed by atoms with van der Waals surface area (Å²) in [5.41, 5.74) is 2.08. The molecule has 6 heteroatoms. The minimum absolute atomic E-state index is 0.0102. The third-order valence-electron chi connectivity index (χ3n) is 6.87. The Bertz CT molecular complexity index is 947. The van der Waals surface area contributed by atoms with Gasteiger partial charge in [0, 0.05) is 6.04 Å². The number of methoxy groups -OCH3 is 1. The topological polar surface area (TPSA) is 65.1 Å². The van der Waals surface area contributed by atoms with E-state index < -0.39 is 0 Å². The zero-order valence-electron chi connectivity index (χ0n) is 19.4. The molecule has 2 aromatic rings. The van der Waals surface area contributed by atoms with Gasteiger partial charge in [-0.2, -0.15) is 0 Å². The smallest absolute Gasteiger partial charge is 0.325 e. The lowest BCUT2D eigenvalue weighted by molar-refractivity contribution is -0.150. The molecule has 33 heavy (non-hydrogen) atoms. The van der Waals surface area contributed by atoms with Gasteiger partial charge < -0.3 is 19.1 Å². The van der Waals surface area contributed by atoms with Crippen LogP contribution in [0.25, 0.3) is 0 Å². The van der Waals surface area contributed by atoms with E-state index >= 15 is 0 Å². The molecule has 1 saturated heterocycles. The van der Waals surface area contributed by atoms with Crippen molar-refractivity contribution in [3.63, 3.8) is 0 Å². The van der Waals surface area contributed by atoms with E-state index in [-0.39, 0.29) is 37.0 Å². The Morgan fingerprint density at radius 1 is 1.03 bits per heavy atom. The van der Waals surface area contributed by atoms with Crippen LogP contribution in [0.2, 0.25) is 0 Å². The normalized spacial score (nSPS) is 24.1. The van der Waals surface area contributed by atoms with Crippen LogP contribution in [0, 0.1) is 11.8 Å². The van der Waals surface area contributed by atoms with Crippen LogP contribution < -0.4 is 4.74 Å². The average molecular weight is 452 g/mol. The third-order valence-corrected chi connectivity index (χ3v) is 6.87. The summed E-state index contributed by atoms with van der Waals surface area (Å²) in [5, 5.41) is 0. The lowest BCUT2D eigenvalue weighted by Gasteiger charge is -2.32. The maximum atomic E-state index is 13.4. The summed E-state index contributed by atoms with van der Waals surface area (Å²) in [6.45, 7) is 2.77. The molecular weight excluding hydrogens is 418 g/mol. The van der Waals surface area contributed by atoms with E-state index in [4.69, 9.17) is 14.2 Å². The van der Waals surface area contributed by atoms with E-state index in [9.17, 15) is 9.59 Å². The van der Waals surface area contributed by atoms with Crippen molar-refractivity contribution in [3.05, 3.63) is 65.7 Å². The number of fused-ring (bicyclic) bond motifs is 1. The quantitative estimate of drug-likeness (QED) is 0.563. The molecule has 1 aliphatic carbocycles. The summed E-state index contributed by atoms with van der Waals surface area (Å²) in [5.74, 6) is 1.19. The Kier molecular flexibility index (Phi) is 7.65. The molecule has 0 spiro atoms. The molecule has 2 fully saturated rings. The molecule has 0 unspecified atom stereocenters. The Hall–Kier alpha value is -2.86. The third kappa shape index (κ3) is 5.74. The van der Waals surface area contributed by atoms with Gasteiger partial charge in [0.2, 0.25) is 5.91 Å². The molecule has 1 aliphatic heterocycles. The number of carbonyl (C=O) groups is 2. The zero-order chi connectivity index (χ0) is 23.2. The molecule has 0 N–H and O–H groups in total. The van der Waals surface area contributed by atoms with Gasteiger partial charge in [0.25, 0.3) is 0 Å². The van der Waals surface area contributed by atoms with Gasteiger partial charge in [-0.15, -0.1) is 0 Å². The molecule has 6 nitrogen and oxygen atoms in total. The van der Waals surface area contributed by atoms with Crippen molar-refractivity contribution in [1.29, 1.82) is 0 Å². The molecule has 2 aromatic carbocycles. The van der Waals surface area contributed by atoms with E-state index in [1.54, 1.807) is 18.9 Å². The summed E-state index contributed by atoms with van der Waals surface area (Å²) in [6, 6.07) is 17.9. The van der Waals surface area contributed by atoms with Crippen molar-refractivity contribution in [3.8, 4) is 5.75 Å². The first-order valence-electron chi connectivity index (χ1n) is 11.8. The van der Waals surface area contributed by atoms with Crippen LogP contribution in [0.1, 0.15) is 43.4 Å². The second-order valence-electron chi connectivity index (χ2n) is 8.97. The fraction of sp³-hybridized carbons (Fsp3) is 0.481. The maximum absolute atomic E-state index is 13.4. The standard InChI is InChI=1S/C27H33NO5/c1-3-32-27(30)17-28(26(29)13-19-8-7-11-24(12-19)31-2)23-14-21-16-25(33-18-22(21)15-23)20-9-5-4-6-10-20/h4-12,21-23,25H,3,13-18H2,1-2H3/t21-,22+,23-,25-/m0/s1. The van der Waals surface area contributed by atoms with Crippen molar-refractivity contribution in [1.82, 2.24) is 4.90 Å². The van der Waals surface area contributed by atoms with Crippen LogP contribution >= 0.6 is 0 Å². The molecule has 4 atom stereocenters. The number of amides is 1. The highest BCUT2D eigenvalue weighted by atomic mass is 16.5. The summed E-state index contributed by atoms with van der Waals surface area (Å²) in [4.78, 5) is 27.5. The average Bonchev–Trinajstić information content (AvgIpc) is 3.26. The highest BCUT2D eigenvalue weighted by molar-refractivity contribution is 5.84. The van der Waals surface area contributed by atoms with Gasteiger partial charge in [0.05, 0.1) is 32.8 Å². The fourth-order valence-corrected chi connectivity index (χ4v) is 5.24. The van der Waals surface area contributed by atoms with E-state index in [2.05, 4.69) is 12.1 Å². The molecule has 1 heterocycles. The minimum Gasteiger partial charge on any atom is -0.497 e. The molecule has 2 aliphatic rings. The van der Waals surface area contributed by atoms with Crippen molar-refractivity contribution < 1.29 is 23.8 Å². The van der Waals surface area contributed by atoms with Gasteiger partial charge in [-0.05, 0) is 61.3 Å². The Labute approximate surface area is 195 Å². The highest BCUT2D eigenvalue weighted by Crippen LogP contribution is 2.45. The first-order valence-corrected chi connectivity index (χ1v) is 11.8. The van der Waals surface area contributed by atoms with Gasteiger partial charge >= 0.3 is 5.97 Å². The van der Waals surface area contributed by atoms with Crippen LogP contribution in [0.5, 0.6) is 5.75 Å². The number of nitrogens with zero attached hydrogens (tertiary/aromatic N) is 1. The maximum Gasteiger partial charge on any atom is 0.325 e. The summed E-state index contributed by atoms with van der Waals surface area (Å²) in [7, 11) is 1.61. The summed E-state index contributed by atoms with van der Waals surface area (Å²) >= 11 is 0. The van der Waals surface area contributed by atoms with E-state index in [0.29, 0.717) is 30.8 Å². The largest absolute Gasteiger partial charge is 0.497 e. The van der Waals surface area contributed by atoms with Gasteiger partial charge in [0.1, 0.15) is 12.3 Å². The van der Waals surface area contributed by atoms with Gasteiger partial charge in [-0.1, -0.05) is 42.5 Å². The Morgan fingerprint density at radius 3 is 2.58 bits per heavy atom. The second-order valence-corrected chi connectivity index (χ2v) is 8.97. The Morgan fingerprint density at radius 2 is 1.82 bits per heavy atom. The summed E-state index contributed by atoms with van der Waals surface area (Å²) in [6.07, 6.45) is 3.02. The number of esters is 1. The molecule has 4 rings (SSSR count). The SMILES string of the molecule is CCOC(=O)CN(C(=O)Cc1cccc(OC)c1)[C@@H]1C[C@@H]2CO[C@H](c3ccccc3)C[C@@H]2C1. The van der Waals surface area contributed by atoms with Crippen molar-refractivity contribution in [2.75, 3.05) is 26.9 Å². The van der Waals surface area contributed by atoms with Crippen LogP contribution in [-0.2, 0) is 25.5 Å². The number of benzene rings is 2. The van der Waals surface area contributed by atoms with Gasteiger partial charge in [-0.25, -0.2) is 0 Å². The van der Waals surface area contributed by atoms with Crippen LogP contribution in [0.4, 0.5) is 0 Å². The predicted molar refractivity (Wildman–Crippen MR) is 125 cm³/mol. The number of hydrogen-bond donors (Lipinski definition) is 0. The number of rotatable bonds is 8. The Balaban J connectivity index is 1.46. The monoisotopic (exact) mass is 451 g/mol. The molecule has 1 saturated carbocycles. The zero-order valence-corrected chi connectivity index (χ0v) is 19.4. The first-order chi connectivity index (χ1) is 16.1. The van der Waals surface area contributed by atoms with Crippen molar-refractivity contribution >= 4 is 11.9 Å². The van der Waals surface area contributed by atoms with Gasteiger partial charge in [0.15, 0.2) is 0 Å². The first kappa shape index (κ1) is 23.3. The number of hydrogen-bond acceptors (Lipinski definition) is 5. The van der Waals surface area contributed by atoms with Crippen LogP contribution in [0.3, 0.4) is 0 Å². The van der Waals surface area contributed by atoms with Crippen LogP contribution in [-0.4, -0.2) is 49.7 Å². The lowest BCUT2D eigenvalue weighted by atomic mass is 9.86. The van der Waals surface area contributed by atoms with E-state index in [1.165, 1.54) is 5.56 Å². The minimum atomic E-state index is -0.357. The molecule has 0 radical (unpaired) electrons. The second kappa shape index (κ2) is 10.8. The highest BCUT2D eigenvalue weighted by Gasteiger charge is 2.43. The molecule has 1 amide bonds. The molecular formula is C27H33NO5. The molecule has 0 aromatic heterocycles. The van der Waals surface area contributed by atoms with E-state index in [1.807, 2.05) is 42.5 Å². The van der Waals surface area contributed by atoms with Gasteiger partial charge in [-0.3, -0.25) is 9.59 Å². The summed E-state index contributed by atoms with van der Waals surface area (Å²) < 4.78 is 16.7. The van der Waals surface area contributed by atoms with Crippen molar-refractivity contribution in [2.24, 2.45) is 11.8 Å². The number of ether oxygens (including phenoxy) is 3. The fourth-order valence-electron chi connectivity index (χ4n) is 5.24. The van der Waals surface area contributed by atoms with Crippen LogP contribution in [0.15, 0.2) is 54.6 Å².